The predicted molar refractivity (Wildman–Crippen MR) is 110 cm³/mol. The van der Waals surface area contributed by atoms with Crippen molar-refractivity contribution < 1.29 is 18.6 Å². The van der Waals surface area contributed by atoms with Gasteiger partial charge in [-0.1, -0.05) is 18.2 Å². The van der Waals surface area contributed by atoms with Crippen molar-refractivity contribution in [3.8, 4) is 17.2 Å². The average molecular weight is 398 g/mol. The zero-order valence-corrected chi connectivity index (χ0v) is 16.7. The third-order valence-electron chi connectivity index (χ3n) is 4.19. The lowest BCUT2D eigenvalue weighted by Crippen LogP contribution is -2.07. The van der Waals surface area contributed by atoms with E-state index in [4.69, 9.17) is 14.2 Å². The largest absolute Gasteiger partial charge is 0.493 e. The fourth-order valence-electron chi connectivity index (χ4n) is 2.83. The minimum absolute atomic E-state index is 0.275. The Morgan fingerprint density at radius 1 is 0.931 bits per heavy atom. The molecule has 1 aromatic heterocycles. The molecule has 0 spiro atoms. The van der Waals surface area contributed by atoms with E-state index in [1.54, 1.807) is 57.7 Å². The summed E-state index contributed by atoms with van der Waals surface area (Å²) in [5.74, 6) is 2.25. The maximum absolute atomic E-state index is 13.8. The topological polar surface area (TPSA) is 77.5 Å². The molecule has 0 aliphatic heterocycles. The van der Waals surface area contributed by atoms with E-state index in [1.165, 1.54) is 6.07 Å². The Hall–Kier alpha value is -3.55. The summed E-state index contributed by atoms with van der Waals surface area (Å²) in [7, 11) is 4.66. The van der Waals surface area contributed by atoms with Crippen molar-refractivity contribution in [2.75, 3.05) is 32.0 Å². The van der Waals surface area contributed by atoms with Gasteiger partial charge in [-0.2, -0.15) is 4.98 Å². The standard InChI is InChI=1S/C21H23FN4O3/c1-13-9-19(25-15-10-17(27-2)20(29-4)18(11-15)28-3)26-21(24-13)23-12-14-7-5-6-8-16(14)22/h5-11H,12H2,1-4H3,(H2,23,24,25,26). The van der Waals surface area contributed by atoms with Crippen LogP contribution >= 0.6 is 0 Å². The first-order valence-corrected chi connectivity index (χ1v) is 8.94. The first kappa shape index (κ1) is 20.2. The number of ether oxygens (including phenoxy) is 3. The fourth-order valence-corrected chi connectivity index (χ4v) is 2.83. The molecular weight excluding hydrogens is 375 g/mol. The van der Waals surface area contributed by atoms with E-state index in [0.717, 1.165) is 5.69 Å². The first-order valence-electron chi connectivity index (χ1n) is 8.94. The highest BCUT2D eigenvalue weighted by molar-refractivity contribution is 5.67. The van der Waals surface area contributed by atoms with Gasteiger partial charge in [0.15, 0.2) is 11.5 Å². The summed E-state index contributed by atoms with van der Waals surface area (Å²) in [6.07, 6.45) is 0. The van der Waals surface area contributed by atoms with E-state index in [1.807, 2.05) is 6.92 Å². The van der Waals surface area contributed by atoms with E-state index in [2.05, 4.69) is 20.6 Å². The van der Waals surface area contributed by atoms with Gasteiger partial charge in [0.2, 0.25) is 11.7 Å². The fraction of sp³-hybridized carbons (Fsp3) is 0.238. The predicted octanol–water partition coefficient (Wildman–Crippen LogP) is 4.31. The summed E-state index contributed by atoms with van der Waals surface area (Å²) in [5.41, 5.74) is 2.00. The monoisotopic (exact) mass is 398 g/mol. The van der Waals surface area contributed by atoms with Crippen LogP contribution in [0.25, 0.3) is 0 Å². The highest BCUT2D eigenvalue weighted by Gasteiger charge is 2.14. The first-order chi connectivity index (χ1) is 14.0. The Morgan fingerprint density at radius 2 is 1.62 bits per heavy atom. The highest BCUT2D eigenvalue weighted by Crippen LogP contribution is 2.40. The molecule has 2 N–H and O–H groups in total. The molecule has 0 saturated heterocycles. The zero-order valence-electron chi connectivity index (χ0n) is 16.7. The molecule has 0 fully saturated rings. The van der Waals surface area contributed by atoms with Gasteiger partial charge in [0, 0.05) is 41.7 Å². The van der Waals surface area contributed by atoms with Gasteiger partial charge in [0.25, 0.3) is 0 Å². The van der Waals surface area contributed by atoms with Crippen LogP contribution in [0.5, 0.6) is 17.2 Å². The number of hydrogen-bond donors (Lipinski definition) is 2. The van der Waals surface area contributed by atoms with Crippen LogP contribution in [0.15, 0.2) is 42.5 Å². The Kier molecular flexibility index (Phi) is 6.33. The van der Waals surface area contributed by atoms with E-state index in [9.17, 15) is 4.39 Å². The van der Waals surface area contributed by atoms with Crippen LogP contribution in [0.1, 0.15) is 11.3 Å². The number of nitrogens with zero attached hydrogens (tertiary/aromatic N) is 2. The smallest absolute Gasteiger partial charge is 0.225 e. The molecule has 7 nitrogen and oxygen atoms in total. The molecule has 152 valence electrons. The molecule has 0 saturated carbocycles. The number of halogens is 1. The summed E-state index contributed by atoms with van der Waals surface area (Å²) >= 11 is 0. The van der Waals surface area contributed by atoms with E-state index >= 15 is 0 Å². The summed E-state index contributed by atoms with van der Waals surface area (Å²) in [6, 6.07) is 11.9. The van der Waals surface area contributed by atoms with Crippen molar-refractivity contribution in [2.45, 2.75) is 13.5 Å². The third-order valence-corrected chi connectivity index (χ3v) is 4.19. The van der Waals surface area contributed by atoms with Gasteiger partial charge in [-0.15, -0.1) is 0 Å². The lowest BCUT2D eigenvalue weighted by molar-refractivity contribution is 0.324. The molecule has 0 amide bonds. The molecule has 0 bridgehead atoms. The number of hydrogen-bond acceptors (Lipinski definition) is 7. The zero-order chi connectivity index (χ0) is 20.8. The second kappa shape index (κ2) is 9.09. The minimum atomic E-state index is -0.275. The molecule has 0 unspecified atom stereocenters. The van der Waals surface area contributed by atoms with Gasteiger partial charge in [-0.3, -0.25) is 0 Å². The molecule has 2 aromatic carbocycles. The molecule has 1 heterocycles. The van der Waals surface area contributed by atoms with Crippen molar-refractivity contribution in [1.29, 1.82) is 0 Å². The molecule has 3 aromatic rings. The molecule has 0 radical (unpaired) electrons. The average Bonchev–Trinajstić information content (AvgIpc) is 2.72. The summed E-state index contributed by atoms with van der Waals surface area (Å²) in [4.78, 5) is 8.82. The Morgan fingerprint density at radius 3 is 2.24 bits per heavy atom. The van der Waals surface area contributed by atoms with Gasteiger partial charge in [-0.05, 0) is 13.0 Å². The van der Waals surface area contributed by atoms with Gasteiger partial charge < -0.3 is 24.8 Å². The number of aryl methyl sites for hydroxylation is 1. The van der Waals surface area contributed by atoms with Gasteiger partial charge in [0.05, 0.1) is 21.3 Å². The third kappa shape index (κ3) is 4.84. The minimum Gasteiger partial charge on any atom is -0.493 e. The van der Waals surface area contributed by atoms with Crippen LogP contribution < -0.4 is 24.8 Å². The molecule has 0 aliphatic carbocycles. The number of methoxy groups -OCH3 is 3. The van der Waals surface area contributed by atoms with Crippen LogP contribution in [-0.2, 0) is 6.54 Å². The molecule has 3 rings (SSSR count). The normalized spacial score (nSPS) is 10.4. The quantitative estimate of drug-likeness (QED) is 0.586. The van der Waals surface area contributed by atoms with E-state index < -0.39 is 0 Å². The Balaban J connectivity index is 1.82. The van der Waals surface area contributed by atoms with Crippen molar-refractivity contribution in [2.24, 2.45) is 0 Å². The number of aromatic nitrogens is 2. The number of benzene rings is 2. The van der Waals surface area contributed by atoms with Crippen LogP contribution in [0, 0.1) is 12.7 Å². The molecule has 0 atom stereocenters. The van der Waals surface area contributed by atoms with Crippen molar-refractivity contribution in [3.63, 3.8) is 0 Å². The molecule has 29 heavy (non-hydrogen) atoms. The van der Waals surface area contributed by atoms with Gasteiger partial charge in [-0.25, -0.2) is 9.37 Å². The Labute approximate surface area is 168 Å². The van der Waals surface area contributed by atoms with Gasteiger partial charge >= 0.3 is 0 Å². The maximum atomic E-state index is 13.8. The van der Waals surface area contributed by atoms with E-state index in [-0.39, 0.29) is 12.4 Å². The van der Waals surface area contributed by atoms with E-state index in [0.29, 0.717) is 40.3 Å². The van der Waals surface area contributed by atoms with Crippen LogP contribution in [-0.4, -0.2) is 31.3 Å². The summed E-state index contributed by atoms with van der Waals surface area (Å²) in [5, 5.41) is 6.28. The Bertz CT molecular complexity index is 972. The number of anilines is 3. The van der Waals surface area contributed by atoms with Gasteiger partial charge in [0.1, 0.15) is 11.6 Å². The highest BCUT2D eigenvalue weighted by atomic mass is 19.1. The molecule has 0 aliphatic rings. The lowest BCUT2D eigenvalue weighted by atomic mass is 10.2. The van der Waals surface area contributed by atoms with Crippen molar-refractivity contribution >= 4 is 17.5 Å². The van der Waals surface area contributed by atoms with Crippen LogP contribution in [0.4, 0.5) is 21.8 Å². The molecular formula is C21H23FN4O3. The number of nitrogens with one attached hydrogen (secondary N) is 2. The summed E-state index contributed by atoms with van der Waals surface area (Å²) < 4.78 is 29.9. The van der Waals surface area contributed by atoms with Crippen molar-refractivity contribution in [1.82, 2.24) is 9.97 Å². The molecule has 8 heteroatoms. The second-order valence-electron chi connectivity index (χ2n) is 6.20. The number of rotatable bonds is 8. The van der Waals surface area contributed by atoms with Crippen LogP contribution in [0.3, 0.4) is 0 Å². The maximum Gasteiger partial charge on any atom is 0.225 e. The second-order valence-corrected chi connectivity index (χ2v) is 6.20. The van der Waals surface area contributed by atoms with Crippen molar-refractivity contribution in [3.05, 3.63) is 59.5 Å². The SMILES string of the molecule is COc1cc(Nc2cc(C)nc(NCc3ccccc3F)n2)cc(OC)c1OC. The summed E-state index contributed by atoms with van der Waals surface area (Å²) in [6.45, 7) is 2.13. The van der Waals surface area contributed by atoms with Crippen LogP contribution in [0.2, 0.25) is 0 Å². The lowest BCUT2D eigenvalue weighted by Gasteiger charge is -2.15.